The SMILES string of the molecule is CC(O)[C@H](CCO)O[Si](c1ccccc1)(c1ccccc1)C(C)(C)C. The highest BCUT2D eigenvalue weighted by Gasteiger charge is 2.51. The Morgan fingerprint density at radius 3 is 1.68 bits per heavy atom. The standard InChI is InChI=1S/C21H30O3Si/c1-17(23)20(15-16-22)24-25(21(2,3)4,18-11-7-5-8-12-18)19-13-9-6-10-14-19/h5-14,17,20,22-23H,15-16H2,1-4H3/t17?,20-/m0/s1. The van der Waals surface area contributed by atoms with Crippen molar-refractivity contribution >= 4 is 18.7 Å². The van der Waals surface area contributed by atoms with Crippen molar-refractivity contribution in [2.45, 2.75) is 51.4 Å². The Bertz CT molecular complexity index is 596. The lowest BCUT2D eigenvalue weighted by Crippen LogP contribution is -2.68. The van der Waals surface area contributed by atoms with Gasteiger partial charge in [0.2, 0.25) is 0 Å². The van der Waals surface area contributed by atoms with Crippen molar-refractivity contribution in [3.63, 3.8) is 0 Å². The first-order chi connectivity index (χ1) is 11.8. The van der Waals surface area contributed by atoms with Gasteiger partial charge in [0, 0.05) is 6.61 Å². The predicted molar refractivity (Wildman–Crippen MR) is 106 cm³/mol. The molecule has 0 spiro atoms. The van der Waals surface area contributed by atoms with E-state index in [1.165, 1.54) is 10.4 Å². The van der Waals surface area contributed by atoms with Gasteiger partial charge in [0.25, 0.3) is 8.32 Å². The smallest absolute Gasteiger partial charge is 0.261 e. The summed E-state index contributed by atoms with van der Waals surface area (Å²) in [6, 6.07) is 20.7. The third kappa shape index (κ3) is 4.21. The van der Waals surface area contributed by atoms with E-state index >= 15 is 0 Å². The maximum atomic E-state index is 10.3. The number of benzene rings is 2. The Hall–Kier alpha value is -1.46. The maximum absolute atomic E-state index is 10.3. The first-order valence-corrected chi connectivity index (χ1v) is 10.8. The van der Waals surface area contributed by atoms with Gasteiger partial charge in [-0.15, -0.1) is 0 Å². The molecule has 2 atom stereocenters. The maximum Gasteiger partial charge on any atom is 0.261 e. The van der Waals surface area contributed by atoms with E-state index in [1.807, 2.05) is 36.4 Å². The molecule has 0 aliphatic rings. The van der Waals surface area contributed by atoms with E-state index in [0.717, 1.165) is 0 Å². The van der Waals surface area contributed by atoms with Crippen molar-refractivity contribution in [1.29, 1.82) is 0 Å². The lowest BCUT2D eigenvalue weighted by atomic mass is 10.2. The minimum absolute atomic E-state index is 0.00618. The number of hydrogen-bond donors (Lipinski definition) is 2. The molecule has 2 N–H and O–H groups in total. The van der Waals surface area contributed by atoms with Crippen LogP contribution in [0.15, 0.2) is 60.7 Å². The van der Waals surface area contributed by atoms with Crippen molar-refractivity contribution < 1.29 is 14.6 Å². The molecule has 0 radical (unpaired) electrons. The molecule has 0 aromatic heterocycles. The van der Waals surface area contributed by atoms with Crippen LogP contribution in [0.4, 0.5) is 0 Å². The Morgan fingerprint density at radius 1 is 0.920 bits per heavy atom. The normalized spacial score (nSPS) is 15.0. The molecular weight excluding hydrogens is 328 g/mol. The summed E-state index contributed by atoms with van der Waals surface area (Å²) >= 11 is 0. The van der Waals surface area contributed by atoms with Crippen LogP contribution in [0.2, 0.25) is 5.04 Å². The van der Waals surface area contributed by atoms with E-state index in [4.69, 9.17) is 4.43 Å². The molecule has 0 aliphatic carbocycles. The Balaban J connectivity index is 2.68. The van der Waals surface area contributed by atoms with Crippen LogP contribution < -0.4 is 10.4 Å². The fraction of sp³-hybridized carbons (Fsp3) is 0.429. The Morgan fingerprint density at radius 2 is 1.36 bits per heavy atom. The molecule has 2 aromatic carbocycles. The summed E-state index contributed by atoms with van der Waals surface area (Å²) in [6.07, 6.45) is -0.632. The second-order valence-electron chi connectivity index (χ2n) is 7.57. The van der Waals surface area contributed by atoms with E-state index in [0.29, 0.717) is 6.42 Å². The summed E-state index contributed by atoms with van der Waals surface area (Å²) in [5.74, 6) is 0. The number of hydrogen-bond acceptors (Lipinski definition) is 3. The zero-order valence-corrected chi connectivity index (χ0v) is 16.6. The van der Waals surface area contributed by atoms with E-state index in [1.54, 1.807) is 6.92 Å². The van der Waals surface area contributed by atoms with Crippen LogP contribution in [-0.4, -0.2) is 37.3 Å². The molecule has 0 saturated carbocycles. The van der Waals surface area contributed by atoms with E-state index in [2.05, 4.69) is 45.0 Å². The third-order valence-electron chi connectivity index (χ3n) is 4.70. The first kappa shape index (κ1) is 19.9. The molecule has 0 heterocycles. The molecular formula is C21H30O3Si. The monoisotopic (exact) mass is 358 g/mol. The molecule has 2 rings (SSSR count). The van der Waals surface area contributed by atoms with Crippen LogP contribution in [0.3, 0.4) is 0 Å². The Kier molecular flexibility index (Phi) is 6.57. The topological polar surface area (TPSA) is 49.7 Å². The zero-order chi connectivity index (χ0) is 18.5. The molecule has 0 aliphatic heterocycles. The zero-order valence-electron chi connectivity index (χ0n) is 15.6. The van der Waals surface area contributed by atoms with Crippen molar-refractivity contribution in [2.75, 3.05) is 6.61 Å². The number of rotatable bonds is 7. The molecule has 136 valence electrons. The second-order valence-corrected chi connectivity index (χ2v) is 11.8. The van der Waals surface area contributed by atoms with E-state index < -0.39 is 20.5 Å². The van der Waals surface area contributed by atoms with Gasteiger partial charge in [-0.25, -0.2) is 0 Å². The van der Waals surface area contributed by atoms with Crippen LogP contribution in [0.5, 0.6) is 0 Å². The van der Waals surface area contributed by atoms with Crippen LogP contribution in [-0.2, 0) is 4.43 Å². The summed E-state index contributed by atoms with van der Waals surface area (Å²) in [4.78, 5) is 0. The van der Waals surface area contributed by atoms with Gasteiger partial charge in [-0.2, -0.15) is 0 Å². The molecule has 2 aromatic rings. The van der Waals surface area contributed by atoms with Gasteiger partial charge in [0.05, 0.1) is 12.2 Å². The average molecular weight is 359 g/mol. The van der Waals surface area contributed by atoms with Gasteiger partial charge in [0.1, 0.15) is 0 Å². The molecule has 3 nitrogen and oxygen atoms in total. The van der Waals surface area contributed by atoms with Crippen molar-refractivity contribution in [1.82, 2.24) is 0 Å². The molecule has 25 heavy (non-hydrogen) atoms. The van der Waals surface area contributed by atoms with Gasteiger partial charge < -0.3 is 14.6 Å². The highest BCUT2D eigenvalue weighted by atomic mass is 28.4. The predicted octanol–water partition coefficient (Wildman–Crippen LogP) is 2.69. The summed E-state index contributed by atoms with van der Waals surface area (Å²) in [5, 5.41) is 21.9. The van der Waals surface area contributed by atoms with E-state index in [-0.39, 0.29) is 11.6 Å². The summed E-state index contributed by atoms with van der Waals surface area (Å²) in [5.41, 5.74) is 0. The summed E-state index contributed by atoms with van der Waals surface area (Å²) in [6.45, 7) is 8.34. The first-order valence-electron chi connectivity index (χ1n) is 8.90. The van der Waals surface area contributed by atoms with Crippen LogP contribution in [0.1, 0.15) is 34.1 Å². The van der Waals surface area contributed by atoms with Crippen molar-refractivity contribution in [2.24, 2.45) is 0 Å². The lowest BCUT2D eigenvalue weighted by Gasteiger charge is -2.45. The van der Waals surface area contributed by atoms with Gasteiger partial charge in [-0.05, 0) is 28.8 Å². The molecule has 0 bridgehead atoms. The number of aliphatic hydroxyl groups is 2. The third-order valence-corrected chi connectivity index (χ3v) is 9.76. The Labute approximate surface area is 152 Å². The lowest BCUT2D eigenvalue weighted by molar-refractivity contribution is 0.0265. The number of aliphatic hydroxyl groups excluding tert-OH is 2. The highest BCUT2D eigenvalue weighted by Crippen LogP contribution is 2.38. The molecule has 0 fully saturated rings. The largest absolute Gasteiger partial charge is 0.402 e. The van der Waals surface area contributed by atoms with Crippen molar-refractivity contribution in [3.8, 4) is 0 Å². The van der Waals surface area contributed by atoms with Gasteiger partial charge in [0.15, 0.2) is 0 Å². The van der Waals surface area contributed by atoms with Gasteiger partial charge in [-0.3, -0.25) is 0 Å². The molecule has 4 heteroatoms. The van der Waals surface area contributed by atoms with Gasteiger partial charge >= 0.3 is 0 Å². The molecule has 1 unspecified atom stereocenters. The fourth-order valence-electron chi connectivity index (χ4n) is 3.44. The van der Waals surface area contributed by atoms with Crippen LogP contribution in [0.25, 0.3) is 0 Å². The van der Waals surface area contributed by atoms with Crippen LogP contribution in [0, 0.1) is 0 Å². The van der Waals surface area contributed by atoms with Gasteiger partial charge in [-0.1, -0.05) is 81.4 Å². The summed E-state index contributed by atoms with van der Waals surface area (Å²) in [7, 11) is -2.68. The molecule has 0 saturated heterocycles. The van der Waals surface area contributed by atoms with Crippen LogP contribution >= 0.6 is 0 Å². The van der Waals surface area contributed by atoms with E-state index in [9.17, 15) is 10.2 Å². The minimum Gasteiger partial charge on any atom is -0.402 e. The quantitative estimate of drug-likeness (QED) is 0.748. The average Bonchev–Trinajstić information content (AvgIpc) is 2.59. The summed E-state index contributed by atoms with van der Waals surface area (Å²) < 4.78 is 6.81. The fourth-order valence-corrected chi connectivity index (χ4v) is 8.23. The van der Waals surface area contributed by atoms with Crippen molar-refractivity contribution in [3.05, 3.63) is 60.7 Å². The second kappa shape index (κ2) is 8.28. The highest BCUT2D eigenvalue weighted by molar-refractivity contribution is 6.99. The molecule has 0 amide bonds. The minimum atomic E-state index is -2.68.